The summed E-state index contributed by atoms with van der Waals surface area (Å²) in [6.45, 7) is 6.30. The Morgan fingerprint density at radius 3 is 2.77 bits per heavy atom. The summed E-state index contributed by atoms with van der Waals surface area (Å²) in [5.74, 6) is -0.0263. The lowest BCUT2D eigenvalue weighted by Crippen LogP contribution is -2.50. The van der Waals surface area contributed by atoms with Crippen molar-refractivity contribution in [2.24, 2.45) is 11.1 Å². The summed E-state index contributed by atoms with van der Waals surface area (Å²) in [5, 5.41) is 5.83. The molecule has 1 aromatic carbocycles. The second-order valence-corrected chi connectivity index (χ2v) is 9.09. The van der Waals surface area contributed by atoms with Crippen LogP contribution in [0.15, 0.2) is 36.9 Å². The van der Waals surface area contributed by atoms with Crippen LogP contribution in [-0.4, -0.2) is 37.6 Å². The molecule has 0 aliphatic carbocycles. The number of nitrogens with zero attached hydrogens (tertiary/aromatic N) is 1. The molecule has 0 spiro atoms. The highest BCUT2D eigenvalue weighted by atomic mass is 35.5. The Kier molecular flexibility index (Phi) is 7.26. The Balaban J connectivity index is 2.26. The molecular weight excluding hydrogens is 372 g/mol. The molecule has 26 heavy (non-hydrogen) atoms. The molecule has 0 radical (unpaired) electrons. The van der Waals surface area contributed by atoms with Crippen LogP contribution in [0.4, 0.5) is 0 Å². The van der Waals surface area contributed by atoms with Crippen LogP contribution in [0.5, 0.6) is 0 Å². The van der Waals surface area contributed by atoms with Gasteiger partial charge in [-0.25, -0.2) is 13.6 Å². The summed E-state index contributed by atoms with van der Waals surface area (Å²) in [5.41, 5.74) is 1.10. The Hall–Kier alpha value is -1.37. The third-order valence-electron chi connectivity index (χ3n) is 5.04. The molecule has 144 valence electrons. The van der Waals surface area contributed by atoms with E-state index in [1.165, 1.54) is 0 Å². The fourth-order valence-corrected chi connectivity index (χ4v) is 4.49. The molecule has 1 saturated heterocycles. The number of amides is 1. The van der Waals surface area contributed by atoms with E-state index < -0.39 is 10.0 Å². The van der Waals surface area contributed by atoms with Crippen molar-refractivity contribution in [1.82, 2.24) is 4.90 Å². The quantitative estimate of drug-likeness (QED) is 0.682. The fourth-order valence-electron chi connectivity index (χ4n) is 3.69. The molecule has 0 saturated carbocycles. The fraction of sp³-hybridized carbons (Fsp3) is 0.526. The molecule has 1 amide bonds. The van der Waals surface area contributed by atoms with Gasteiger partial charge >= 0.3 is 0 Å². The minimum absolute atomic E-state index is 0.0736. The largest absolute Gasteiger partial charge is 0.339 e. The highest BCUT2D eigenvalue weighted by molar-refractivity contribution is 7.89. The zero-order valence-electron chi connectivity index (χ0n) is 15.1. The molecule has 2 N–H and O–H groups in total. The number of piperidine rings is 1. The zero-order valence-corrected chi connectivity index (χ0v) is 16.7. The van der Waals surface area contributed by atoms with Crippen LogP contribution in [0, 0.1) is 5.92 Å². The van der Waals surface area contributed by atoms with Gasteiger partial charge in [0.1, 0.15) is 0 Å². The van der Waals surface area contributed by atoms with Crippen LogP contribution < -0.4 is 5.14 Å². The predicted octanol–water partition coefficient (Wildman–Crippen LogP) is 3.31. The monoisotopic (exact) mass is 398 g/mol. The lowest BCUT2D eigenvalue weighted by molar-refractivity contribution is -0.141. The number of allylic oxidation sites excluding steroid dienone is 1. The molecule has 1 aliphatic heterocycles. The number of benzene rings is 1. The molecule has 5 nitrogen and oxygen atoms in total. The second kappa shape index (κ2) is 9.02. The van der Waals surface area contributed by atoms with Crippen LogP contribution in [0.1, 0.15) is 44.1 Å². The summed E-state index contributed by atoms with van der Waals surface area (Å²) in [6.07, 6.45) is 4.16. The number of nitrogens with two attached hydrogens (primary N) is 1. The average molecular weight is 399 g/mol. The van der Waals surface area contributed by atoms with E-state index in [-0.39, 0.29) is 29.5 Å². The van der Waals surface area contributed by atoms with Crippen molar-refractivity contribution in [3.05, 3.63) is 47.5 Å². The van der Waals surface area contributed by atoms with Gasteiger partial charge < -0.3 is 4.90 Å². The maximum Gasteiger partial charge on any atom is 0.226 e. The van der Waals surface area contributed by atoms with Crippen molar-refractivity contribution < 1.29 is 13.2 Å². The highest BCUT2D eigenvalue weighted by Gasteiger charge is 2.37. The smallest absolute Gasteiger partial charge is 0.226 e. The van der Waals surface area contributed by atoms with E-state index in [1.807, 2.05) is 36.1 Å². The maximum atomic E-state index is 13.0. The average Bonchev–Trinajstić information content (AvgIpc) is 2.57. The first-order valence-electron chi connectivity index (χ1n) is 8.92. The number of likely N-dealkylation sites (tertiary alicyclic amines) is 1. The van der Waals surface area contributed by atoms with Crippen LogP contribution in [0.3, 0.4) is 0 Å². The van der Waals surface area contributed by atoms with Crippen molar-refractivity contribution in [3.8, 4) is 0 Å². The number of rotatable bonds is 8. The summed E-state index contributed by atoms with van der Waals surface area (Å²) in [4.78, 5) is 14.8. The van der Waals surface area contributed by atoms with Gasteiger partial charge in [0.05, 0.1) is 5.75 Å². The Labute approximate surface area is 161 Å². The van der Waals surface area contributed by atoms with Gasteiger partial charge in [-0.15, -0.1) is 6.58 Å². The summed E-state index contributed by atoms with van der Waals surface area (Å²) < 4.78 is 22.7. The number of hydrogen-bond acceptors (Lipinski definition) is 3. The third kappa shape index (κ3) is 5.56. The predicted molar refractivity (Wildman–Crippen MR) is 105 cm³/mol. The van der Waals surface area contributed by atoms with Crippen LogP contribution in [0.2, 0.25) is 5.02 Å². The van der Waals surface area contributed by atoms with E-state index in [2.05, 4.69) is 6.58 Å². The first-order chi connectivity index (χ1) is 12.2. The minimum Gasteiger partial charge on any atom is -0.339 e. The van der Waals surface area contributed by atoms with Crippen LogP contribution >= 0.6 is 11.6 Å². The summed E-state index contributed by atoms with van der Waals surface area (Å²) >= 11 is 6.14. The Morgan fingerprint density at radius 1 is 1.46 bits per heavy atom. The maximum absolute atomic E-state index is 13.0. The standard InChI is InChI=1S/C19H27ClN2O3S/c1-3-6-15-11-16(14-7-5-8-17(20)12-14)13-22(19(15)23)18(4-2)9-10-26(21,24)25/h3,5,7-8,12,15-16,18H,1,4,6,9-11,13H2,2H3,(H2,21,24,25)/t15-,16+,18-/m0/s1. The van der Waals surface area contributed by atoms with Gasteiger partial charge in [0.2, 0.25) is 15.9 Å². The summed E-state index contributed by atoms with van der Waals surface area (Å²) in [6, 6.07) is 7.57. The SMILES string of the molecule is C=CC[C@H]1C[C@@H](c2cccc(Cl)c2)CN([C@@H](CC)CCS(N)(=O)=O)C1=O. The van der Waals surface area contributed by atoms with Crippen LogP contribution in [0.25, 0.3) is 0 Å². The van der Waals surface area contributed by atoms with E-state index in [4.69, 9.17) is 16.7 Å². The molecule has 2 rings (SSSR count). The van der Waals surface area contributed by atoms with Gasteiger partial charge in [0.25, 0.3) is 0 Å². The lowest BCUT2D eigenvalue weighted by Gasteiger charge is -2.41. The molecule has 0 aromatic heterocycles. The number of carbonyl (C=O) groups is 1. The molecule has 1 aliphatic rings. The summed E-state index contributed by atoms with van der Waals surface area (Å²) in [7, 11) is -3.55. The first kappa shape index (κ1) is 20.9. The lowest BCUT2D eigenvalue weighted by atomic mass is 9.81. The van der Waals surface area contributed by atoms with Crippen molar-refractivity contribution >= 4 is 27.5 Å². The van der Waals surface area contributed by atoms with Crippen molar-refractivity contribution in [2.45, 2.75) is 44.6 Å². The van der Waals surface area contributed by atoms with Crippen LogP contribution in [-0.2, 0) is 14.8 Å². The molecular formula is C19H27ClN2O3S. The molecule has 0 bridgehead atoms. The minimum atomic E-state index is -3.55. The van der Waals surface area contributed by atoms with Gasteiger partial charge in [0.15, 0.2) is 0 Å². The molecule has 3 atom stereocenters. The van der Waals surface area contributed by atoms with E-state index in [0.29, 0.717) is 30.8 Å². The highest BCUT2D eigenvalue weighted by Crippen LogP contribution is 2.35. The molecule has 1 heterocycles. The number of carbonyl (C=O) groups excluding carboxylic acids is 1. The van der Waals surface area contributed by atoms with Gasteiger partial charge in [0, 0.05) is 29.4 Å². The van der Waals surface area contributed by atoms with Crippen molar-refractivity contribution in [3.63, 3.8) is 0 Å². The van der Waals surface area contributed by atoms with Gasteiger partial charge in [-0.2, -0.15) is 0 Å². The Morgan fingerprint density at radius 2 is 2.19 bits per heavy atom. The first-order valence-corrected chi connectivity index (χ1v) is 11.0. The van der Waals surface area contributed by atoms with E-state index >= 15 is 0 Å². The number of hydrogen-bond donors (Lipinski definition) is 1. The Bertz CT molecular complexity index is 751. The number of halogens is 1. The van der Waals surface area contributed by atoms with E-state index in [1.54, 1.807) is 6.08 Å². The van der Waals surface area contributed by atoms with Gasteiger partial charge in [-0.1, -0.05) is 36.7 Å². The topological polar surface area (TPSA) is 80.5 Å². The van der Waals surface area contributed by atoms with Crippen molar-refractivity contribution in [1.29, 1.82) is 0 Å². The number of primary sulfonamides is 1. The molecule has 0 unspecified atom stereocenters. The third-order valence-corrected chi connectivity index (χ3v) is 6.08. The van der Waals surface area contributed by atoms with Gasteiger partial charge in [-0.3, -0.25) is 4.79 Å². The second-order valence-electron chi connectivity index (χ2n) is 6.92. The number of sulfonamides is 1. The van der Waals surface area contributed by atoms with E-state index in [0.717, 1.165) is 12.0 Å². The van der Waals surface area contributed by atoms with Gasteiger partial charge in [-0.05, 0) is 43.4 Å². The van der Waals surface area contributed by atoms with E-state index in [9.17, 15) is 13.2 Å². The molecule has 1 aromatic rings. The zero-order chi connectivity index (χ0) is 19.3. The molecule has 7 heteroatoms. The van der Waals surface area contributed by atoms with Crippen molar-refractivity contribution in [2.75, 3.05) is 12.3 Å². The molecule has 1 fully saturated rings. The normalized spacial score (nSPS) is 22.3.